The molecule has 0 aliphatic heterocycles. The number of halogens is 3. The van der Waals surface area contributed by atoms with Gasteiger partial charge in [0.15, 0.2) is 10.9 Å². The largest absolute Gasteiger partial charge is 0.332 e. The van der Waals surface area contributed by atoms with Gasteiger partial charge < -0.3 is 10.6 Å². The van der Waals surface area contributed by atoms with Gasteiger partial charge in [0.05, 0.1) is 11.0 Å². The minimum absolute atomic E-state index is 0.259. The van der Waals surface area contributed by atoms with Crippen LogP contribution in [-0.2, 0) is 6.54 Å². The lowest BCUT2D eigenvalue weighted by molar-refractivity contribution is 0.624. The van der Waals surface area contributed by atoms with Crippen molar-refractivity contribution in [2.24, 2.45) is 0 Å². The average Bonchev–Trinajstić information content (AvgIpc) is 2.92. The van der Waals surface area contributed by atoms with Gasteiger partial charge in [0.25, 0.3) is 0 Å². The smallest absolute Gasteiger partial charge is 0.176 e. The Balaban J connectivity index is 1.65. The Morgan fingerprint density at radius 2 is 1.96 bits per heavy atom. The fraction of sp³-hybridized carbons (Fsp3) is 0.111. The fourth-order valence-corrected chi connectivity index (χ4v) is 3.09. The first-order valence-electron chi connectivity index (χ1n) is 7.72. The molecule has 0 fully saturated rings. The van der Waals surface area contributed by atoms with E-state index in [1.54, 1.807) is 16.8 Å². The number of aromatic nitrogens is 2. The maximum Gasteiger partial charge on any atom is 0.176 e. The molecule has 1 heterocycles. The van der Waals surface area contributed by atoms with Crippen LogP contribution in [0.5, 0.6) is 0 Å². The van der Waals surface area contributed by atoms with E-state index in [-0.39, 0.29) is 5.82 Å². The van der Waals surface area contributed by atoms with Gasteiger partial charge in [-0.25, -0.2) is 4.39 Å². The Morgan fingerprint density at radius 1 is 1.23 bits per heavy atom. The van der Waals surface area contributed by atoms with Gasteiger partial charge in [-0.15, -0.1) is 0 Å². The zero-order valence-electron chi connectivity index (χ0n) is 13.8. The summed E-state index contributed by atoms with van der Waals surface area (Å²) in [5, 5.41) is 11.6. The van der Waals surface area contributed by atoms with Gasteiger partial charge in [0.2, 0.25) is 0 Å². The minimum Gasteiger partial charge on any atom is -0.332 e. The molecule has 2 aromatic carbocycles. The molecule has 0 saturated heterocycles. The van der Waals surface area contributed by atoms with Crippen LogP contribution >= 0.6 is 39.7 Å². The number of hydrogen-bond donors (Lipinski definition) is 2. The Hall–Kier alpha value is -1.96. The molecule has 2 N–H and O–H groups in total. The molecule has 3 aromatic rings. The van der Waals surface area contributed by atoms with Crippen LogP contribution in [0.15, 0.2) is 53.1 Å². The van der Waals surface area contributed by atoms with E-state index < -0.39 is 0 Å². The molecule has 1 aromatic heterocycles. The molecule has 0 atom stereocenters. The van der Waals surface area contributed by atoms with Crippen molar-refractivity contribution in [3.05, 3.63) is 75.1 Å². The quantitative estimate of drug-likeness (QED) is 0.504. The summed E-state index contributed by atoms with van der Waals surface area (Å²) in [5.41, 5.74) is 2.74. The Bertz CT molecular complexity index is 943. The number of benzene rings is 2. The van der Waals surface area contributed by atoms with Crippen molar-refractivity contribution in [2.45, 2.75) is 13.5 Å². The van der Waals surface area contributed by atoms with Crippen molar-refractivity contribution < 1.29 is 4.39 Å². The molecule has 4 nitrogen and oxygen atoms in total. The number of nitrogens with one attached hydrogen (secondary N) is 2. The summed E-state index contributed by atoms with van der Waals surface area (Å²) in [4.78, 5) is 0. The Morgan fingerprint density at radius 3 is 2.65 bits per heavy atom. The van der Waals surface area contributed by atoms with E-state index in [4.69, 9.17) is 23.8 Å². The molecule has 134 valence electrons. The molecule has 0 aliphatic carbocycles. The van der Waals surface area contributed by atoms with Crippen molar-refractivity contribution in [2.75, 3.05) is 10.6 Å². The molecule has 0 bridgehead atoms. The normalized spacial score (nSPS) is 10.6. The van der Waals surface area contributed by atoms with Crippen LogP contribution in [0.3, 0.4) is 0 Å². The summed E-state index contributed by atoms with van der Waals surface area (Å²) in [6.07, 6.45) is 1.83. The third kappa shape index (κ3) is 4.81. The summed E-state index contributed by atoms with van der Waals surface area (Å²) in [5.74, 6) is 0.327. The van der Waals surface area contributed by atoms with Crippen LogP contribution < -0.4 is 10.6 Å². The lowest BCUT2D eigenvalue weighted by atomic mass is 10.2. The first-order chi connectivity index (χ1) is 12.4. The predicted octanol–water partition coefficient (Wildman–Crippen LogP) is 5.60. The van der Waals surface area contributed by atoms with Crippen molar-refractivity contribution in [3.8, 4) is 0 Å². The van der Waals surface area contributed by atoms with Crippen LogP contribution in [0, 0.1) is 12.7 Å². The lowest BCUT2D eigenvalue weighted by Crippen LogP contribution is -2.19. The SMILES string of the molecule is Cc1ccc(NC(=S)Nc2nn(Cc3ccc(F)cc3)cc2Br)cc1Cl. The second-order valence-electron chi connectivity index (χ2n) is 5.69. The summed E-state index contributed by atoms with van der Waals surface area (Å²) in [6.45, 7) is 2.46. The highest BCUT2D eigenvalue weighted by Crippen LogP contribution is 2.23. The van der Waals surface area contributed by atoms with E-state index in [1.807, 2.05) is 31.3 Å². The maximum absolute atomic E-state index is 13.0. The number of anilines is 2. The monoisotopic (exact) mass is 452 g/mol. The van der Waals surface area contributed by atoms with Crippen LogP contribution in [0.2, 0.25) is 5.02 Å². The van der Waals surface area contributed by atoms with Crippen LogP contribution in [0.4, 0.5) is 15.9 Å². The van der Waals surface area contributed by atoms with E-state index >= 15 is 0 Å². The van der Waals surface area contributed by atoms with Gasteiger partial charge in [0.1, 0.15) is 5.82 Å². The zero-order valence-corrected chi connectivity index (χ0v) is 16.9. The molecule has 0 radical (unpaired) electrons. The molecule has 0 spiro atoms. The van der Waals surface area contributed by atoms with Gasteiger partial charge in [-0.2, -0.15) is 5.10 Å². The molecule has 0 amide bonds. The molecule has 8 heteroatoms. The third-order valence-electron chi connectivity index (χ3n) is 3.64. The molecule has 0 aliphatic rings. The first-order valence-corrected chi connectivity index (χ1v) is 9.30. The summed E-state index contributed by atoms with van der Waals surface area (Å²) in [7, 11) is 0. The van der Waals surface area contributed by atoms with Crippen molar-refractivity contribution in [1.82, 2.24) is 9.78 Å². The lowest BCUT2D eigenvalue weighted by Gasteiger charge is -2.10. The zero-order chi connectivity index (χ0) is 18.7. The first kappa shape index (κ1) is 18.8. The molecule has 0 unspecified atom stereocenters. The minimum atomic E-state index is -0.259. The highest BCUT2D eigenvalue weighted by Gasteiger charge is 2.09. The second-order valence-corrected chi connectivity index (χ2v) is 7.36. The maximum atomic E-state index is 13.0. The van der Waals surface area contributed by atoms with Gasteiger partial charge in [-0.1, -0.05) is 29.8 Å². The number of rotatable bonds is 4. The van der Waals surface area contributed by atoms with Gasteiger partial charge in [-0.3, -0.25) is 4.68 Å². The van der Waals surface area contributed by atoms with Crippen LogP contribution in [0.25, 0.3) is 0 Å². The van der Waals surface area contributed by atoms with E-state index in [9.17, 15) is 4.39 Å². The number of thiocarbonyl (C=S) groups is 1. The standard InChI is InChI=1S/C18H15BrClFN4S/c1-11-2-7-14(8-16(11)20)22-18(26)23-17-15(19)10-25(24-17)9-12-3-5-13(21)6-4-12/h2-8,10H,9H2,1H3,(H2,22,23,24,26). The van der Waals surface area contributed by atoms with Gasteiger partial charge in [0, 0.05) is 16.9 Å². The third-order valence-corrected chi connectivity index (χ3v) is 4.83. The molecular weight excluding hydrogens is 439 g/mol. The predicted molar refractivity (Wildman–Crippen MR) is 111 cm³/mol. The molecule has 0 saturated carbocycles. The van der Waals surface area contributed by atoms with E-state index in [0.717, 1.165) is 21.3 Å². The average molecular weight is 454 g/mol. The molecule has 3 rings (SSSR count). The Kier molecular flexibility index (Phi) is 5.90. The van der Waals surface area contributed by atoms with E-state index in [1.165, 1.54) is 12.1 Å². The highest BCUT2D eigenvalue weighted by atomic mass is 79.9. The molecular formula is C18H15BrClFN4S. The molecule has 26 heavy (non-hydrogen) atoms. The topological polar surface area (TPSA) is 41.9 Å². The summed E-state index contributed by atoms with van der Waals surface area (Å²) < 4.78 is 15.5. The number of nitrogens with zero attached hydrogens (tertiary/aromatic N) is 2. The summed E-state index contributed by atoms with van der Waals surface area (Å²) in [6, 6.07) is 11.9. The van der Waals surface area contributed by atoms with Crippen molar-refractivity contribution in [3.63, 3.8) is 0 Å². The summed E-state index contributed by atoms with van der Waals surface area (Å²) >= 11 is 14.9. The fourth-order valence-electron chi connectivity index (χ4n) is 2.28. The van der Waals surface area contributed by atoms with Crippen molar-refractivity contribution in [1.29, 1.82) is 0 Å². The Labute approximate surface area is 169 Å². The van der Waals surface area contributed by atoms with E-state index in [0.29, 0.717) is 22.5 Å². The highest BCUT2D eigenvalue weighted by molar-refractivity contribution is 9.10. The van der Waals surface area contributed by atoms with Gasteiger partial charge in [-0.05, 0) is 70.5 Å². The number of aryl methyl sites for hydroxylation is 1. The van der Waals surface area contributed by atoms with Gasteiger partial charge >= 0.3 is 0 Å². The van der Waals surface area contributed by atoms with Crippen LogP contribution in [-0.4, -0.2) is 14.9 Å². The second kappa shape index (κ2) is 8.16. The van der Waals surface area contributed by atoms with E-state index in [2.05, 4.69) is 31.7 Å². The van der Waals surface area contributed by atoms with Crippen LogP contribution in [0.1, 0.15) is 11.1 Å². The van der Waals surface area contributed by atoms with Crippen molar-refractivity contribution >= 4 is 56.4 Å². The number of hydrogen-bond acceptors (Lipinski definition) is 2.